The first-order chi connectivity index (χ1) is 7.99. The van der Waals surface area contributed by atoms with Gasteiger partial charge in [0.25, 0.3) is 5.89 Å². The molecule has 0 aliphatic heterocycles. The highest BCUT2D eigenvalue weighted by Crippen LogP contribution is 2.22. The van der Waals surface area contributed by atoms with Gasteiger partial charge in [0.2, 0.25) is 5.82 Å². The predicted molar refractivity (Wildman–Crippen MR) is 50.2 cm³/mol. The Hall–Kier alpha value is -1.89. The first kappa shape index (κ1) is 11.6. The van der Waals surface area contributed by atoms with Gasteiger partial charge in [-0.15, -0.1) is 0 Å². The van der Waals surface area contributed by atoms with Crippen LogP contribution in [0.3, 0.4) is 0 Å². The lowest BCUT2D eigenvalue weighted by Gasteiger charge is -1.98. The number of aliphatic hydroxyl groups excluding tert-OH is 1. The summed E-state index contributed by atoms with van der Waals surface area (Å²) >= 11 is 0. The number of hydrogen-bond donors (Lipinski definition) is 1. The van der Waals surface area contributed by atoms with Crippen LogP contribution in [-0.4, -0.2) is 15.2 Å². The molecule has 0 amide bonds. The lowest BCUT2D eigenvalue weighted by atomic mass is 10.2. The van der Waals surface area contributed by atoms with E-state index in [-0.39, 0.29) is 17.3 Å². The molecule has 0 unspecified atom stereocenters. The van der Waals surface area contributed by atoms with Crippen LogP contribution in [-0.2, 0) is 0 Å². The van der Waals surface area contributed by atoms with Crippen molar-refractivity contribution in [2.45, 2.75) is 13.0 Å². The third-order valence-electron chi connectivity index (χ3n) is 2.04. The average Bonchev–Trinajstić information content (AvgIpc) is 2.74. The number of halogens is 3. The van der Waals surface area contributed by atoms with Gasteiger partial charge < -0.3 is 9.63 Å². The second-order valence-electron chi connectivity index (χ2n) is 3.39. The van der Waals surface area contributed by atoms with E-state index in [1.807, 2.05) is 0 Å². The zero-order chi connectivity index (χ0) is 12.6. The van der Waals surface area contributed by atoms with Crippen LogP contribution in [0, 0.1) is 17.5 Å². The van der Waals surface area contributed by atoms with Crippen molar-refractivity contribution < 1.29 is 22.8 Å². The summed E-state index contributed by atoms with van der Waals surface area (Å²) < 4.78 is 43.2. The van der Waals surface area contributed by atoms with Gasteiger partial charge in [-0.3, -0.25) is 0 Å². The van der Waals surface area contributed by atoms with Crippen LogP contribution in [0.2, 0.25) is 0 Å². The normalized spacial score (nSPS) is 12.8. The molecule has 0 bridgehead atoms. The van der Waals surface area contributed by atoms with Crippen molar-refractivity contribution in [1.82, 2.24) is 10.1 Å². The molecule has 2 aromatic rings. The SMILES string of the molecule is C[C@@H](O)c1nc(-c2cc(F)c(F)c(F)c2)no1. The minimum absolute atomic E-state index is 0.0722. The smallest absolute Gasteiger partial charge is 0.255 e. The van der Waals surface area contributed by atoms with Crippen molar-refractivity contribution >= 4 is 0 Å². The quantitative estimate of drug-likeness (QED) is 0.823. The highest BCUT2D eigenvalue weighted by Gasteiger charge is 2.17. The number of nitrogens with zero attached hydrogens (tertiary/aromatic N) is 2. The maximum Gasteiger partial charge on any atom is 0.255 e. The number of aromatic nitrogens is 2. The fourth-order valence-electron chi connectivity index (χ4n) is 1.21. The molecule has 1 aromatic carbocycles. The zero-order valence-corrected chi connectivity index (χ0v) is 8.62. The topological polar surface area (TPSA) is 59.2 Å². The summed E-state index contributed by atoms with van der Waals surface area (Å²) in [5.41, 5.74) is -0.0722. The largest absolute Gasteiger partial charge is 0.384 e. The van der Waals surface area contributed by atoms with E-state index in [4.69, 9.17) is 5.11 Å². The molecule has 7 heteroatoms. The van der Waals surface area contributed by atoms with E-state index in [1.54, 1.807) is 0 Å². The molecule has 1 N–H and O–H groups in total. The van der Waals surface area contributed by atoms with Crippen LogP contribution < -0.4 is 0 Å². The third kappa shape index (κ3) is 2.14. The van der Waals surface area contributed by atoms with E-state index in [9.17, 15) is 13.2 Å². The molecule has 1 aromatic heterocycles. The van der Waals surface area contributed by atoms with Gasteiger partial charge in [-0.05, 0) is 19.1 Å². The molecule has 0 radical (unpaired) electrons. The lowest BCUT2D eigenvalue weighted by Crippen LogP contribution is -1.94. The second kappa shape index (κ2) is 4.17. The fraction of sp³-hybridized carbons (Fsp3) is 0.200. The van der Waals surface area contributed by atoms with Gasteiger partial charge in [-0.1, -0.05) is 5.16 Å². The Bertz CT molecular complexity index is 531. The Morgan fingerprint density at radius 1 is 1.24 bits per heavy atom. The van der Waals surface area contributed by atoms with Crippen molar-refractivity contribution in [2.75, 3.05) is 0 Å². The Kier molecular flexibility index (Phi) is 2.84. The third-order valence-corrected chi connectivity index (χ3v) is 2.04. The molecule has 0 saturated heterocycles. The summed E-state index contributed by atoms with van der Waals surface area (Å²) in [6.07, 6.45) is -0.994. The molecule has 0 saturated carbocycles. The summed E-state index contributed by atoms with van der Waals surface area (Å²) in [6, 6.07) is 1.49. The summed E-state index contributed by atoms with van der Waals surface area (Å²) in [7, 11) is 0. The average molecular weight is 244 g/mol. The van der Waals surface area contributed by atoms with Crippen LogP contribution in [0.25, 0.3) is 11.4 Å². The molecule has 0 aliphatic rings. The molecular weight excluding hydrogens is 237 g/mol. The van der Waals surface area contributed by atoms with Gasteiger partial charge >= 0.3 is 0 Å². The summed E-state index contributed by atoms with van der Waals surface area (Å²) in [5.74, 6) is -4.47. The van der Waals surface area contributed by atoms with Gasteiger partial charge in [-0.25, -0.2) is 13.2 Å². The van der Waals surface area contributed by atoms with E-state index in [2.05, 4.69) is 14.7 Å². The number of benzene rings is 1. The molecule has 90 valence electrons. The van der Waals surface area contributed by atoms with Crippen molar-refractivity contribution in [3.8, 4) is 11.4 Å². The molecule has 0 aliphatic carbocycles. The van der Waals surface area contributed by atoms with Gasteiger partial charge in [0.1, 0.15) is 6.10 Å². The maximum atomic E-state index is 12.9. The first-order valence-electron chi connectivity index (χ1n) is 4.65. The summed E-state index contributed by atoms with van der Waals surface area (Å²) in [5, 5.41) is 12.6. The van der Waals surface area contributed by atoms with Gasteiger partial charge in [0, 0.05) is 5.56 Å². The van der Waals surface area contributed by atoms with E-state index in [0.29, 0.717) is 0 Å². The lowest BCUT2D eigenvalue weighted by molar-refractivity contribution is 0.152. The molecule has 0 fully saturated rings. The minimum Gasteiger partial charge on any atom is -0.384 e. The Labute approximate surface area is 93.7 Å². The first-order valence-corrected chi connectivity index (χ1v) is 4.65. The highest BCUT2D eigenvalue weighted by atomic mass is 19.2. The van der Waals surface area contributed by atoms with E-state index >= 15 is 0 Å². The molecule has 4 nitrogen and oxygen atoms in total. The van der Waals surface area contributed by atoms with E-state index in [1.165, 1.54) is 6.92 Å². The van der Waals surface area contributed by atoms with Gasteiger partial charge in [0.05, 0.1) is 0 Å². The predicted octanol–water partition coefficient (Wildman–Crippen LogP) is 2.21. The second-order valence-corrected chi connectivity index (χ2v) is 3.39. The van der Waals surface area contributed by atoms with E-state index in [0.717, 1.165) is 12.1 Å². The van der Waals surface area contributed by atoms with Gasteiger partial charge in [-0.2, -0.15) is 4.98 Å². The highest BCUT2D eigenvalue weighted by molar-refractivity contribution is 5.54. The molecule has 1 atom stereocenters. The van der Waals surface area contributed by atoms with Crippen LogP contribution in [0.15, 0.2) is 16.7 Å². The summed E-state index contributed by atoms with van der Waals surface area (Å²) in [4.78, 5) is 3.71. The van der Waals surface area contributed by atoms with E-state index < -0.39 is 23.6 Å². The Morgan fingerprint density at radius 2 is 1.82 bits per heavy atom. The molecule has 1 heterocycles. The standard InChI is InChI=1S/C10H7F3N2O2/c1-4(16)10-14-9(15-17-10)5-2-6(11)8(13)7(12)3-5/h2-4,16H,1H3/t4-/m1/s1. The maximum absolute atomic E-state index is 12.9. The van der Waals surface area contributed by atoms with Crippen molar-refractivity contribution in [1.29, 1.82) is 0 Å². The van der Waals surface area contributed by atoms with Crippen molar-refractivity contribution in [2.24, 2.45) is 0 Å². The van der Waals surface area contributed by atoms with Crippen molar-refractivity contribution in [3.63, 3.8) is 0 Å². The van der Waals surface area contributed by atoms with Gasteiger partial charge in [0.15, 0.2) is 17.5 Å². The Balaban J connectivity index is 2.46. The Morgan fingerprint density at radius 3 is 2.29 bits per heavy atom. The van der Waals surface area contributed by atoms with Crippen LogP contribution in [0.1, 0.15) is 18.9 Å². The number of aliphatic hydroxyl groups is 1. The fourth-order valence-corrected chi connectivity index (χ4v) is 1.21. The molecular formula is C10H7F3N2O2. The van der Waals surface area contributed by atoms with Crippen LogP contribution in [0.5, 0.6) is 0 Å². The zero-order valence-electron chi connectivity index (χ0n) is 8.62. The molecule has 2 rings (SSSR count). The molecule has 0 spiro atoms. The molecule has 17 heavy (non-hydrogen) atoms. The number of hydrogen-bond acceptors (Lipinski definition) is 4. The summed E-state index contributed by atoms with van der Waals surface area (Å²) in [6.45, 7) is 1.39. The van der Waals surface area contributed by atoms with Crippen LogP contribution >= 0.6 is 0 Å². The van der Waals surface area contributed by atoms with Crippen molar-refractivity contribution in [3.05, 3.63) is 35.5 Å². The van der Waals surface area contributed by atoms with Crippen LogP contribution in [0.4, 0.5) is 13.2 Å². The number of rotatable bonds is 2. The minimum atomic E-state index is -1.56. The monoisotopic (exact) mass is 244 g/mol.